The maximum Gasteiger partial charge on any atom is 0.251 e. The summed E-state index contributed by atoms with van der Waals surface area (Å²) in [6.07, 6.45) is 1.97. The Morgan fingerprint density at radius 1 is 1.53 bits per heavy atom. The van der Waals surface area contributed by atoms with E-state index in [9.17, 15) is 4.79 Å². The number of nitrogens with one attached hydrogen (secondary N) is 1. The minimum Gasteiger partial charge on any atom is -0.496 e. The van der Waals surface area contributed by atoms with Crippen LogP contribution in [0.25, 0.3) is 0 Å². The number of methoxy groups -OCH3 is 1. The van der Waals surface area contributed by atoms with E-state index in [-0.39, 0.29) is 5.91 Å². The maximum absolute atomic E-state index is 11.9. The molecule has 1 amide bonds. The van der Waals surface area contributed by atoms with Crippen LogP contribution in [0.2, 0.25) is 0 Å². The third-order valence-electron chi connectivity index (χ3n) is 2.84. The van der Waals surface area contributed by atoms with Crippen molar-refractivity contribution in [2.75, 3.05) is 19.5 Å². The van der Waals surface area contributed by atoms with Crippen LogP contribution in [0, 0.1) is 5.92 Å². The van der Waals surface area contributed by atoms with Gasteiger partial charge in [-0.25, -0.2) is 0 Å². The van der Waals surface area contributed by atoms with Crippen LogP contribution < -0.4 is 10.1 Å². The van der Waals surface area contributed by atoms with E-state index in [2.05, 4.69) is 28.2 Å². The topological polar surface area (TPSA) is 38.3 Å². The van der Waals surface area contributed by atoms with E-state index >= 15 is 0 Å². The molecule has 3 nitrogen and oxygen atoms in total. The molecule has 106 valence electrons. The molecule has 1 aromatic carbocycles. The first-order valence-electron chi connectivity index (χ1n) is 6.26. The number of rotatable bonds is 7. The second-order valence-electron chi connectivity index (χ2n) is 4.51. The molecule has 1 N–H and O–H groups in total. The van der Waals surface area contributed by atoms with Crippen LogP contribution in [0.15, 0.2) is 22.7 Å². The van der Waals surface area contributed by atoms with Gasteiger partial charge in [0.05, 0.1) is 11.6 Å². The number of carbonyl (C=O) groups excluding carboxylic acids is 1. The van der Waals surface area contributed by atoms with Gasteiger partial charge in [0.2, 0.25) is 0 Å². The Balaban J connectivity index is 2.43. The standard InChI is InChI=1S/C14H19BrClNO2/c1-10(9-16)4-3-7-17-14(18)11-5-6-13(19-2)12(15)8-11/h5-6,8,10H,3-4,7,9H2,1-2H3,(H,17,18). The summed E-state index contributed by atoms with van der Waals surface area (Å²) < 4.78 is 5.90. The molecule has 0 aliphatic heterocycles. The third kappa shape index (κ3) is 5.41. The van der Waals surface area contributed by atoms with E-state index in [0.29, 0.717) is 29.7 Å². The predicted octanol–water partition coefficient (Wildman–Crippen LogP) is 3.84. The molecule has 0 fully saturated rings. The van der Waals surface area contributed by atoms with Crippen LogP contribution >= 0.6 is 27.5 Å². The van der Waals surface area contributed by atoms with Crippen molar-refractivity contribution in [1.29, 1.82) is 0 Å². The Morgan fingerprint density at radius 2 is 2.26 bits per heavy atom. The van der Waals surface area contributed by atoms with Gasteiger partial charge >= 0.3 is 0 Å². The largest absolute Gasteiger partial charge is 0.496 e. The molecule has 5 heteroatoms. The molecule has 0 aromatic heterocycles. The average molecular weight is 349 g/mol. The lowest BCUT2D eigenvalue weighted by molar-refractivity contribution is 0.0952. The SMILES string of the molecule is COc1ccc(C(=O)NCCCC(C)CCl)cc1Br. The minimum atomic E-state index is -0.0677. The average Bonchev–Trinajstić information content (AvgIpc) is 2.42. The van der Waals surface area contributed by atoms with Gasteiger partial charge in [-0.2, -0.15) is 0 Å². The van der Waals surface area contributed by atoms with Gasteiger partial charge in [0.25, 0.3) is 5.91 Å². The Bertz CT molecular complexity index is 426. The Labute approximate surface area is 127 Å². The van der Waals surface area contributed by atoms with Gasteiger partial charge < -0.3 is 10.1 Å². The van der Waals surface area contributed by atoms with Crippen molar-refractivity contribution in [2.45, 2.75) is 19.8 Å². The summed E-state index contributed by atoms with van der Waals surface area (Å²) in [7, 11) is 1.60. The summed E-state index contributed by atoms with van der Waals surface area (Å²) in [4.78, 5) is 11.9. The molecule has 1 atom stereocenters. The van der Waals surface area contributed by atoms with E-state index in [1.54, 1.807) is 25.3 Å². The lowest BCUT2D eigenvalue weighted by Gasteiger charge is -2.09. The van der Waals surface area contributed by atoms with Crippen molar-refractivity contribution in [3.05, 3.63) is 28.2 Å². The number of hydrogen-bond acceptors (Lipinski definition) is 2. The fourth-order valence-corrected chi connectivity index (χ4v) is 2.33. The molecule has 0 aliphatic carbocycles. The summed E-state index contributed by atoms with van der Waals surface area (Å²) in [6.45, 7) is 2.78. The minimum absolute atomic E-state index is 0.0677. The number of amides is 1. The molecule has 1 unspecified atom stereocenters. The number of halogens is 2. The van der Waals surface area contributed by atoms with E-state index < -0.39 is 0 Å². The van der Waals surface area contributed by atoms with Gasteiger partial charge in [0.15, 0.2) is 0 Å². The second kappa shape index (κ2) is 8.43. The quantitative estimate of drug-likeness (QED) is 0.600. The zero-order valence-corrected chi connectivity index (χ0v) is 13.6. The Morgan fingerprint density at radius 3 is 2.84 bits per heavy atom. The summed E-state index contributed by atoms with van der Waals surface area (Å²) in [6, 6.07) is 5.28. The first kappa shape index (κ1) is 16.3. The second-order valence-corrected chi connectivity index (χ2v) is 5.67. The smallest absolute Gasteiger partial charge is 0.251 e. The highest BCUT2D eigenvalue weighted by Gasteiger charge is 2.08. The number of alkyl halides is 1. The van der Waals surface area contributed by atoms with Crippen molar-refractivity contribution in [2.24, 2.45) is 5.92 Å². The van der Waals surface area contributed by atoms with Gasteiger partial charge in [-0.05, 0) is 52.9 Å². The van der Waals surface area contributed by atoms with E-state index in [4.69, 9.17) is 16.3 Å². The molecule has 0 heterocycles. The number of benzene rings is 1. The van der Waals surface area contributed by atoms with Crippen molar-refractivity contribution >= 4 is 33.4 Å². The summed E-state index contributed by atoms with van der Waals surface area (Å²) in [5.41, 5.74) is 0.623. The Kier molecular flexibility index (Phi) is 7.24. The summed E-state index contributed by atoms with van der Waals surface area (Å²) in [5, 5.41) is 2.90. The van der Waals surface area contributed by atoms with Crippen molar-refractivity contribution in [3.63, 3.8) is 0 Å². The first-order chi connectivity index (χ1) is 9.08. The fourth-order valence-electron chi connectivity index (χ4n) is 1.64. The molecule has 19 heavy (non-hydrogen) atoms. The normalized spacial score (nSPS) is 12.0. The molecule has 1 rings (SSSR count). The van der Waals surface area contributed by atoms with Crippen LogP contribution in [0.5, 0.6) is 5.75 Å². The molecule has 0 aliphatic rings. The number of carbonyl (C=O) groups is 1. The van der Waals surface area contributed by atoms with Crippen molar-refractivity contribution in [3.8, 4) is 5.75 Å². The molecular formula is C14H19BrClNO2. The van der Waals surface area contributed by atoms with Crippen LogP contribution in [0.1, 0.15) is 30.1 Å². The van der Waals surface area contributed by atoms with Gasteiger partial charge in [0, 0.05) is 18.0 Å². The summed E-state index contributed by atoms with van der Waals surface area (Å²) in [5.74, 6) is 1.81. The van der Waals surface area contributed by atoms with Crippen molar-refractivity contribution < 1.29 is 9.53 Å². The molecule has 0 bridgehead atoms. The molecular weight excluding hydrogens is 330 g/mol. The van der Waals surface area contributed by atoms with Crippen LogP contribution in [-0.4, -0.2) is 25.4 Å². The summed E-state index contributed by atoms with van der Waals surface area (Å²) >= 11 is 9.10. The number of hydrogen-bond donors (Lipinski definition) is 1. The van der Waals surface area contributed by atoms with Gasteiger partial charge in [0.1, 0.15) is 5.75 Å². The third-order valence-corrected chi connectivity index (χ3v) is 3.98. The maximum atomic E-state index is 11.9. The lowest BCUT2D eigenvalue weighted by atomic mass is 10.1. The van der Waals surface area contributed by atoms with Gasteiger partial charge in [-0.1, -0.05) is 6.92 Å². The lowest BCUT2D eigenvalue weighted by Crippen LogP contribution is -2.24. The highest BCUT2D eigenvalue weighted by atomic mass is 79.9. The highest BCUT2D eigenvalue weighted by molar-refractivity contribution is 9.10. The highest BCUT2D eigenvalue weighted by Crippen LogP contribution is 2.25. The predicted molar refractivity (Wildman–Crippen MR) is 82.1 cm³/mol. The molecule has 0 spiro atoms. The molecule has 0 radical (unpaired) electrons. The number of ether oxygens (including phenoxy) is 1. The zero-order valence-electron chi connectivity index (χ0n) is 11.2. The molecule has 0 saturated carbocycles. The van der Waals surface area contributed by atoms with Gasteiger partial charge in [-0.15, -0.1) is 11.6 Å². The van der Waals surface area contributed by atoms with Crippen LogP contribution in [0.3, 0.4) is 0 Å². The van der Waals surface area contributed by atoms with Crippen LogP contribution in [0.4, 0.5) is 0 Å². The van der Waals surface area contributed by atoms with E-state index in [1.165, 1.54) is 0 Å². The van der Waals surface area contributed by atoms with E-state index in [0.717, 1.165) is 17.3 Å². The molecule has 1 aromatic rings. The van der Waals surface area contributed by atoms with Crippen molar-refractivity contribution in [1.82, 2.24) is 5.32 Å². The zero-order chi connectivity index (χ0) is 14.3. The van der Waals surface area contributed by atoms with Crippen LogP contribution in [-0.2, 0) is 0 Å². The fraction of sp³-hybridized carbons (Fsp3) is 0.500. The first-order valence-corrected chi connectivity index (χ1v) is 7.59. The monoisotopic (exact) mass is 347 g/mol. The van der Waals surface area contributed by atoms with Gasteiger partial charge in [-0.3, -0.25) is 4.79 Å². The van der Waals surface area contributed by atoms with E-state index in [1.807, 2.05) is 0 Å². The molecule has 0 saturated heterocycles. The Hall–Kier alpha value is -0.740.